The minimum atomic E-state index is -7.62. The van der Waals surface area contributed by atoms with Crippen molar-refractivity contribution < 1.29 is 70.0 Å². The molecule has 182 valence electrons. The number of pyridine rings is 1. The van der Waals surface area contributed by atoms with Crippen LogP contribution in [0.5, 0.6) is 0 Å². The number of aromatic nitrogens is 1. The van der Waals surface area contributed by atoms with Gasteiger partial charge in [-0.3, -0.25) is 0 Å². The van der Waals surface area contributed by atoms with Crippen molar-refractivity contribution in [3.63, 3.8) is 0 Å². The normalized spacial score (nSPS) is 15.1. The summed E-state index contributed by atoms with van der Waals surface area (Å²) in [6.07, 6.45) is -9.92. The molecule has 0 aromatic carbocycles. The Morgan fingerprint density at radius 2 is 1.06 bits per heavy atom. The molecule has 1 atom stereocenters. The van der Waals surface area contributed by atoms with E-state index in [1.54, 1.807) is 7.11 Å². The van der Waals surface area contributed by atoms with Crippen molar-refractivity contribution >= 4 is 20.0 Å². The average Bonchev–Trinajstić information content (AvgIpc) is 2.59. The van der Waals surface area contributed by atoms with Gasteiger partial charge < -0.3 is 8.86 Å². The summed E-state index contributed by atoms with van der Waals surface area (Å²) >= 11 is 0. The van der Waals surface area contributed by atoms with E-state index in [0.717, 1.165) is 0 Å². The van der Waals surface area contributed by atoms with Crippen molar-refractivity contribution in [1.29, 1.82) is 0 Å². The topological polar surface area (TPSA) is 95.5 Å². The minimum absolute atomic E-state index is 0.126. The highest BCUT2D eigenvalue weighted by atomic mass is 32.3. The molecule has 1 rings (SSSR count). The lowest BCUT2D eigenvalue weighted by Crippen LogP contribution is -2.48. The molecule has 1 heterocycles. The second-order valence-electron chi connectivity index (χ2n) is 5.21. The summed E-state index contributed by atoms with van der Waals surface area (Å²) in [5, 5.41) is -14.0. The molecule has 0 saturated heterocycles. The highest BCUT2D eigenvalue weighted by Crippen LogP contribution is 2.47. The zero-order valence-corrected chi connectivity index (χ0v) is 16.6. The van der Waals surface area contributed by atoms with E-state index in [-0.39, 0.29) is 6.23 Å². The maximum Gasteiger partial charge on any atom is 0.467 e. The number of hydrogen-bond donors (Lipinski definition) is 0. The molecule has 1 unspecified atom stereocenters. The van der Waals surface area contributed by atoms with Gasteiger partial charge in [-0.2, -0.15) is 48.5 Å². The number of rotatable bonds is 6. The zero-order chi connectivity index (χ0) is 25.1. The van der Waals surface area contributed by atoms with Crippen LogP contribution in [0.25, 0.3) is 4.13 Å². The van der Waals surface area contributed by atoms with E-state index in [4.69, 9.17) is 4.74 Å². The van der Waals surface area contributed by atoms with Gasteiger partial charge in [-0.15, -0.1) is 0 Å². The largest absolute Gasteiger partial charge is 0.467 e. The molecule has 0 saturated carbocycles. The molecule has 1 aromatic rings. The van der Waals surface area contributed by atoms with Gasteiger partial charge in [0.1, 0.15) is 0 Å². The van der Waals surface area contributed by atoms with Crippen molar-refractivity contribution in [2.45, 2.75) is 36.0 Å². The predicted octanol–water partition coefficient (Wildman–Crippen LogP) is 3.47. The Hall–Kier alpha value is -1.73. The monoisotopic (exact) mass is 518 g/mol. The van der Waals surface area contributed by atoms with Gasteiger partial charge in [-0.1, -0.05) is 6.07 Å². The van der Waals surface area contributed by atoms with Gasteiger partial charge >= 0.3 is 22.9 Å². The van der Waals surface area contributed by atoms with Crippen LogP contribution in [0, 0.1) is 0 Å². The Morgan fingerprint density at radius 3 is 1.32 bits per heavy atom. The van der Waals surface area contributed by atoms with Crippen molar-refractivity contribution in [3.8, 4) is 0 Å². The fourth-order valence-corrected chi connectivity index (χ4v) is 3.66. The Balaban J connectivity index is 0.000000743. The lowest BCUT2D eigenvalue weighted by Gasteiger charge is -2.31. The first kappa shape index (κ1) is 29.3. The van der Waals surface area contributed by atoms with Gasteiger partial charge in [0.2, 0.25) is 0 Å². The number of ether oxygens (including phenoxy) is 1. The van der Waals surface area contributed by atoms with Crippen LogP contribution in [-0.2, 0) is 24.8 Å². The standard InChI is InChI=1S/C8H12NO.C4F10NO4S2/c1-8(10-2)9-6-4-3-5-7-9;5-1(6,7)3(11,12)20(16,17)15-21(18,19)4(13,14)2(8,9)10/h3-8H,1-2H3;/q+1;-1. The Kier molecular flexibility index (Phi) is 8.88. The molecule has 19 heteroatoms. The van der Waals surface area contributed by atoms with E-state index in [9.17, 15) is 60.7 Å². The van der Waals surface area contributed by atoms with Gasteiger partial charge in [0, 0.05) is 26.2 Å². The van der Waals surface area contributed by atoms with Gasteiger partial charge in [-0.25, -0.2) is 16.8 Å². The van der Waals surface area contributed by atoms with Crippen molar-refractivity contribution in [3.05, 3.63) is 34.7 Å². The molecular weight excluding hydrogens is 506 g/mol. The smallest absolute Gasteiger partial charge is 0.425 e. The number of halogens is 10. The van der Waals surface area contributed by atoms with E-state index < -0.39 is 42.9 Å². The lowest BCUT2D eigenvalue weighted by molar-refractivity contribution is -0.757. The van der Waals surface area contributed by atoms with Crippen LogP contribution < -0.4 is 4.57 Å². The molecule has 0 amide bonds. The van der Waals surface area contributed by atoms with Crippen LogP contribution in [0.15, 0.2) is 30.6 Å². The molecular formula is C12H12F10N2O5S2. The first-order valence-corrected chi connectivity index (χ1v) is 10.0. The first-order valence-electron chi connectivity index (χ1n) is 7.16. The molecule has 0 radical (unpaired) electrons. The van der Waals surface area contributed by atoms with Crippen molar-refractivity contribution in [2.24, 2.45) is 0 Å². The fraction of sp³-hybridized carbons (Fsp3) is 0.583. The molecule has 0 aliphatic carbocycles. The summed E-state index contributed by atoms with van der Waals surface area (Å²) in [6, 6.07) is 5.95. The molecule has 0 N–H and O–H groups in total. The summed E-state index contributed by atoms with van der Waals surface area (Å²) in [5.74, 6) is 0. The maximum atomic E-state index is 12.3. The highest BCUT2D eigenvalue weighted by Gasteiger charge is 2.68. The Labute approximate surface area is 168 Å². The number of alkyl halides is 10. The number of methoxy groups -OCH3 is 1. The summed E-state index contributed by atoms with van der Waals surface area (Å²) in [4.78, 5) is 0. The molecule has 0 spiro atoms. The number of hydrogen-bond acceptors (Lipinski definition) is 5. The van der Waals surface area contributed by atoms with Gasteiger partial charge in [-0.05, 0) is 0 Å². The fourth-order valence-electron chi connectivity index (χ4n) is 1.29. The van der Waals surface area contributed by atoms with E-state index in [2.05, 4.69) is 0 Å². The van der Waals surface area contributed by atoms with E-state index in [1.807, 2.05) is 42.1 Å². The molecule has 0 bridgehead atoms. The summed E-state index contributed by atoms with van der Waals surface area (Å²) < 4.78 is 168. The van der Waals surface area contributed by atoms with Crippen LogP contribution in [-0.4, -0.2) is 46.8 Å². The molecule has 0 fully saturated rings. The zero-order valence-electron chi connectivity index (χ0n) is 15.0. The Morgan fingerprint density at radius 1 is 0.742 bits per heavy atom. The van der Waals surface area contributed by atoms with Crippen LogP contribution >= 0.6 is 0 Å². The summed E-state index contributed by atoms with van der Waals surface area (Å²) in [5.41, 5.74) is 0. The second-order valence-corrected chi connectivity index (χ2v) is 8.73. The third kappa shape index (κ3) is 6.62. The van der Waals surface area contributed by atoms with E-state index in [0.29, 0.717) is 4.13 Å². The minimum Gasteiger partial charge on any atom is -0.425 e. The highest BCUT2D eigenvalue weighted by molar-refractivity contribution is 8.13. The van der Waals surface area contributed by atoms with Crippen molar-refractivity contribution in [2.75, 3.05) is 7.11 Å². The lowest BCUT2D eigenvalue weighted by atomic mass is 10.5. The molecule has 0 aliphatic heterocycles. The third-order valence-corrected chi connectivity index (χ3v) is 6.33. The van der Waals surface area contributed by atoms with Gasteiger partial charge in [0.05, 0.1) is 0 Å². The first-order chi connectivity index (χ1) is 13.5. The predicted molar refractivity (Wildman–Crippen MR) is 81.6 cm³/mol. The van der Waals surface area contributed by atoms with Crippen LogP contribution in [0.3, 0.4) is 0 Å². The third-order valence-electron chi connectivity index (χ3n) is 3.00. The Bertz CT molecular complexity index is 877. The maximum absolute atomic E-state index is 12.3. The quantitative estimate of drug-likeness (QED) is 0.425. The molecule has 0 aliphatic rings. The summed E-state index contributed by atoms with van der Waals surface area (Å²) in [7, 11) is -13.5. The molecule has 1 aromatic heterocycles. The molecule has 31 heavy (non-hydrogen) atoms. The van der Waals surface area contributed by atoms with E-state index >= 15 is 0 Å². The SMILES string of the molecule is COC(C)[n+]1ccccc1.O=S(=O)([N-]S(=O)(=O)C(F)(F)C(F)(F)F)C(F)(F)C(F)(F)F. The van der Waals surface area contributed by atoms with Crippen LogP contribution in [0.2, 0.25) is 0 Å². The van der Waals surface area contributed by atoms with Crippen molar-refractivity contribution in [1.82, 2.24) is 0 Å². The van der Waals surface area contributed by atoms with Crippen LogP contribution in [0.1, 0.15) is 13.2 Å². The number of sulfonamides is 2. The molecule has 7 nitrogen and oxygen atoms in total. The second kappa shape index (κ2) is 9.41. The summed E-state index contributed by atoms with van der Waals surface area (Å²) in [6.45, 7) is 2.00. The van der Waals surface area contributed by atoms with Crippen LogP contribution in [0.4, 0.5) is 43.9 Å². The van der Waals surface area contributed by atoms with Gasteiger partial charge in [0.15, 0.2) is 32.4 Å². The van der Waals surface area contributed by atoms with E-state index in [1.165, 1.54) is 0 Å². The van der Waals surface area contributed by atoms with Gasteiger partial charge in [0.25, 0.3) is 6.23 Å². The number of nitrogens with zero attached hydrogens (tertiary/aromatic N) is 2. The average molecular weight is 518 g/mol.